The second kappa shape index (κ2) is 3.34. The lowest BCUT2D eigenvalue weighted by atomic mass is 9.80. The summed E-state index contributed by atoms with van der Waals surface area (Å²) in [5.74, 6) is 0. The van der Waals surface area contributed by atoms with Crippen LogP contribution in [0.15, 0.2) is 24.3 Å². The third-order valence-electron chi connectivity index (χ3n) is 4.40. The van der Waals surface area contributed by atoms with E-state index in [-0.39, 0.29) is 0 Å². The van der Waals surface area contributed by atoms with Crippen LogP contribution in [0.2, 0.25) is 0 Å². The summed E-state index contributed by atoms with van der Waals surface area (Å²) in [5.41, 5.74) is 3.61. The quantitative estimate of drug-likeness (QED) is 0.624. The fourth-order valence-electron chi connectivity index (χ4n) is 3.51. The average Bonchev–Trinajstić information content (AvgIpc) is 2.75. The number of benzene rings is 1. The van der Waals surface area contributed by atoms with Crippen LogP contribution < -0.4 is 0 Å². The summed E-state index contributed by atoms with van der Waals surface area (Å²) in [5, 5.41) is 0. The summed E-state index contributed by atoms with van der Waals surface area (Å²) in [6, 6.07) is 9.07. The van der Waals surface area contributed by atoms with E-state index in [1.807, 2.05) is 0 Å². The summed E-state index contributed by atoms with van der Waals surface area (Å²) in [7, 11) is 2.31. The van der Waals surface area contributed by atoms with Crippen molar-refractivity contribution in [2.24, 2.45) is 0 Å². The smallest absolute Gasteiger partial charge is 0.0460 e. The molecule has 1 heteroatoms. The lowest BCUT2D eigenvalue weighted by Crippen LogP contribution is -2.46. The van der Waals surface area contributed by atoms with Gasteiger partial charge in [0.05, 0.1) is 0 Å². The highest BCUT2D eigenvalue weighted by molar-refractivity contribution is 5.37. The maximum absolute atomic E-state index is 2.60. The Hall–Kier alpha value is -0.820. The topological polar surface area (TPSA) is 3.24 Å². The van der Waals surface area contributed by atoms with E-state index in [0.717, 1.165) is 0 Å². The van der Waals surface area contributed by atoms with E-state index in [1.165, 1.54) is 38.6 Å². The highest BCUT2D eigenvalue weighted by atomic mass is 15.2. The summed E-state index contributed by atoms with van der Waals surface area (Å²) >= 11 is 0. The van der Waals surface area contributed by atoms with E-state index in [4.69, 9.17) is 0 Å². The van der Waals surface area contributed by atoms with Gasteiger partial charge in [0.2, 0.25) is 0 Å². The van der Waals surface area contributed by atoms with Crippen LogP contribution in [0.5, 0.6) is 0 Å². The predicted molar refractivity (Wildman–Crippen MR) is 62.9 cm³/mol. The van der Waals surface area contributed by atoms with Crippen molar-refractivity contribution in [1.29, 1.82) is 0 Å². The molecule has 1 aliphatic heterocycles. The molecule has 1 nitrogen and oxygen atoms in total. The molecule has 15 heavy (non-hydrogen) atoms. The van der Waals surface area contributed by atoms with E-state index in [9.17, 15) is 0 Å². The van der Waals surface area contributed by atoms with E-state index >= 15 is 0 Å². The lowest BCUT2D eigenvalue weighted by Gasteiger charge is -2.44. The third-order valence-corrected chi connectivity index (χ3v) is 4.40. The van der Waals surface area contributed by atoms with Crippen LogP contribution in [0.4, 0.5) is 0 Å². The number of hydrogen-bond acceptors (Lipinski definition) is 1. The zero-order valence-corrected chi connectivity index (χ0v) is 9.50. The summed E-state index contributed by atoms with van der Waals surface area (Å²) in [6.07, 6.45) is 6.76. The van der Waals surface area contributed by atoms with Gasteiger partial charge in [0.15, 0.2) is 0 Å². The molecule has 1 spiro atoms. The molecule has 1 aromatic rings. The van der Waals surface area contributed by atoms with Gasteiger partial charge in [-0.15, -0.1) is 0 Å². The van der Waals surface area contributed by atoms with Crippen molar-refractivity contribution in [3.05, 3.63) is 35.4 Å². The standard InChI is InChI=1S/C14H19N/c1-15-11-8-12-6-2-3-7-13(12)14(15)9-4-5-10-14/h2-3,6-7H,4-5,8-11H2,1H3. The Bertz CT molecular complexity index is 363. The first kappa shape index (κ1) is 9.41. The van der Waals surface area contributed by atoms with Crippen molar-refractivity contribution in [2.45, 2.75) is 37.6 Å². The third kappa shape index (κ3) is 1.26. The van der Waals surface area contributed by atoms with Gasteiger partial charge in [0.25, 0.3) is 0 Å². The molecular weight excluding hydrogens is 182 g/mol. The molecule has 3 rings (SSSR count). The molecule has 0 atom stereocenters. The van der Waals surface area contributed by atoms with Crippen molar-refractivity contribution in [1.82, 2.24) is 4.90 Å². The molecule has 1 fully saturated rings. The van der Waals surface area contributed by atoms with Gasteiger partial charge >= 0.3 is 0 Å². The van der Waals surface area contributed by atoms with Gasteiger partial charge in [-0.3, -0.25) is 4.90 Å². The fourth-order valence-corrected chi connectivity index (χ4v) is 3.51. The summed E-state index contributed by atoms with van der Waals surface area (Å²) in [4.78, 5) is 2.60. The minimum Gasteiger partial charge on any atom is -0.296 e. The van der Waals surface area contributed by atoms with E-state index < -0.39 is 0 Å². The Morgan fingerprint density at radius 1 is 1.13 bits per heavy atom. The van der Waals surface area contributed by atoms with Crippen molar-refractivity contribution in [3.8, 4) is 0 Å². The molecule has 2 aliphatic rings. The second-order valence-corrected chi connectivity index (χ2v) is 5.07. The molecule has 0 radical (unpaired) electrons. The van der Waals surface area contributed by atoms with Crippen LogP contribution in [0.3, 0.4) is 0 Å². The fraction of sp³-hybridized carbons (Fsp3) is 0.571. The van der Waals surface area contributed by atoms with Crippen LogP contribution in [-0.2, 0) is 12.0 Å². The van der Waals surface area contributed by atoms with Gasteiger partial charge < -0.3 is 0 Å². The first-order valence-corrected chi connectivity index (χ1v) is 6.13. The molecule has 80 valence electrons. The highest BCUT2D eigenvalue weighted by Crippen LogP contribution is 2.46. The Labute approximate surface area is 92.1 Å². The molecule has 0 amide bonds. The number of hydrogen-bond donors (Lipinski definition) is 0. The van der Waals surface area contributed by atoms with E-state index in [2.05, 4.69) is 36.2 Å². The molecule has 0 N–H and O–H groups in total. The van der Waals surface area contributed by atoms with Crippen LogP contribution in [0, 0.1) is 0 Å². The van der Waals surface area contributed by atoms with Crippen molar-refractivity contribution < 1.29 is 0 Å². The molecule has 0 unspecified atom stereocenters. The molecule has 1 saturated carbocycles. The number of fused-ring (bicyclic) bond motifs is 2. The van der Waals surface area contributed by atoms with Crippen LogP contribution in [0.25, 0.3) is 0 Å². The number of rotatable bonds is 0. The van der Waals surface area contributed by atoms with Gasteiger partial charge in [0.1, 0.15) is 0 Å². The highest BCUT2D eigenvalue weighted by Gasteiger charge is 2.42. The Kier molecular flexibility index (Phi) is 2.10. The van der Waals surface area contributed by atoms with Gasteiger partial charge in [-0.2, -0.15) is 0 Å². The maximum atomic E-state index is 2.60. The Balaban J connectivity index is 2.13. The largest absolute Gasteiger partial charge is 0.296 e. The first-order chi connectivity index (χ1) is 7.33. The molecule has 1 aromatic carbocycles. The number of nitrogens with zero attached hydrogens (tertiary/aromatic N) is 1. The molecular formula is C14H19N. The summed E-state index contributed by atoms with van der Waals surface area (Å²) < 4.78 is 0. The van der Waals surface area contributed by atoms with E-state index in [1.54, 1.807) is 11.1 Å². The average molecular weight is 201 g/mol. The molecule has 0 aromatic heterocycles. The second-order valence-electron chi connectivity index (χ2n) is 5.07. The van der Waals surface area contributed by atoms with Crippen molar-refractivity contribution in [2.75, 3.05) is 13.6 Å². The minimum absolute atomic E-state index is 0.398. The number of likely N-dealkylation sites (N-methyl/N-ethyl adjacent to an activating group) is 1. The van der Waals surface area contributed by atoms with Crippen molar-refractivity contribution >= 4 is 0 Å². The predicted octanol–water partition coefficient (Wildman–Crippen LogP) is 2.94. The van der Waals surface area contributed by atoms with Gasteiger partial charge in [0, 0.05) is 12.1 Å². The first-order valence-electron chi connectivity index (χ1n) is 6.13. The Morgan fingerprint density at radius 3 is 2.67 bits per heavy atom. The zero-order valence-electron chi connectivity index (χ0n) is 9.50. The minimum atomic E-state index is 0.398. The van der Waals surface area contributed by atoms with Gasteiger partial charge in [-0.1, -0.05) is 37.1 Å². The van der Waals surface area contributed by atoms with E-state index in [0.29, 0.717) is 5.54 Å². The Morgan fingerprint density at radius 2 is 1.87 bits per heavy atom. The normalized spacial score (nSPS) is 24.3. The summed E-state index contributed by atoms with van der Waals surface area (Å²) in [6.45, 7) is 1.23. The van der Waals surface area contributed by atoms with Gasteiger partial charge in [-0.05, 0) is 37.4 Å². The zero-order chi connectivity index (χ0) is 10.3. The SMILES string of the molecule is CN1CCc2ccccc2C12CCCC2. The van der Waals surface area contributed by atoms with Crippen molar-refractivity contribution in [3.63, 3.8) is 0 Å². The van der Waals surface area contributed by atoms with Gasteiger partial charge in [-0.25, -0.2) is 0 Å². The van der Waals surface area contributed by atoms with Crippen LogP contribution in [-0.4, -0.2) is 18.5 Å². The van der Waals surface area contributed by atoms with Crippen LogP contribution in [0.1, 0.15) is 36.8 Å². The molecule has 0 bridgehead atoms. The molecule has 0 saturated heterocycles. The molecule has 1 aliphatic carbocycles. The van der Waals surface area contributed by atoms with Crippen LogP contribution >= 0.6 is 0 Å². The molecule has 1 heterocycles. The monoisotopic (exact) mass is 201 g/mol. The maximum Gasteiger partial charge on any atom is 0.0460 e. The lowest BCUT2D eigenvalue weighted by molar-refractivity contribution is 0.111.